The van der Waals surface area contributed by atoms with Gasteiger partial charge < -0.3 is 16.2 Å². The molecule has 2 rings (SSSR count). The minimum absolute atomic E-state index is 0.0726. The van der Waals surface area contributed by atoms with Crippen molar-refractivity contribution in [1.29, 1.82) is 0 Å². The SMILES string of the molecule is CC(Oc1ccc2c(c1)CCCC2N)C(=O)NC(N)=O. The molecular weight excluding hydrogens is 258 g/mol. The van der Waals surface area contributed by atoms with E-state index in [0.717, 1.165) is 30.4 Å². The van der Waals surface area contributed by atoms with Crippen molar-refractivity contribution in [2.45, 2.75) is 38.3 Å². The lowest BCUT2D eigenvalue weighted by Gasteiger charge is -2.23. The van der Waals surface area contributed by atoms with E-state index in [1.54, 1.807) is 13.0 Å². The number of imide groups is 1. The molecule has 1 aliphatic rings. The van der Waals surface area contributed by atoms with E-state index >= 15 is 0 Å². The zero-order valence-corrected chi connectivity index (χ0v) is 11.4. The van der Waals surface area contributed by atoms with Gasteiger partial charge in [0.2, 0.25) is 0 Å². The van der Waals surface area contributed by atoms with Gasteiger partial charge >= 0.3 is 6.03 Å². The summed E-state index contributed by atoms with van der Waals surface area (Å²) in [5.74, 6) is 0.0249. The summed E-state index contributed by atoms with van der Waals surface area (Å²) >= 11 is 0. The Morgan fingerprint density at radius 2 is 2.20 bits per heavy atom. The zero-order chi connectivity index (χ0) is 14.7. The van der Waals surface area contributed by atoms with Gasteiger partial charge in [-0.1, -0.05) is 6.07 Å². The standard InChI is InChI=1S/C14H19N3O3/c1-8(13(18)17-14(16)19)20-10-5-6-11-9(7-10)3-2-4-12(11)15/h5-8,12H,2-4,15H2,1H3,(H3,16,17,18,19). The molecule has 2 atom stereocenters. The zero-order valence-electron chi connectivity index (χ0n) is 11.4. The van der Waals surface area contributed by atoms with Crippen LogP contribution in [0.25, 0.3) is 0 Å². The van der Waals surface area contributed by atoms with E-state index < -0.39 is 18.0 Å². The van der Waals surface area contributed by atoms with Gasteiger partial charge in [0.15, 0.2) is 6.10 Å². The molecule has 0 aliphatic heterocycles. The van der Waals surface area contributed by atoms with Crippen molar-refractivity contribution in [3.8, 4) is 5.75 Å². The monoisotopic (exact) mass is 277 g/mol. The predicted octanol–water partition coefficient (Wildman–Crippen LogP) is 0.985. The van der Waals surface area contributed by atoms with Crippen LogP contribution in [0.3, 0.4) is 0 Å². The van der Waals surface area contributed by atoms with Crippen molar-refractivity contribution in [2.24, 2.45) is 11.5 Å². The lowest BCUT2D eigenvalue weighted by atomic mass is 9.88. The molecule has 0 fully saturated rings. The third kappa shape index (κ3) is 3.27. The van der Waals surface area contributed by atoms with E-state index in [0.29, 0.717) is 5.75 Å². The summed E-state index contributed by atoms with van der Waals surface area (Å²) in [6.45, 7) is 1.56. The molecule has 0 heterocycles. The fourth-order valence-electron chi connectivity index (χ4n) is 2.38. The molecule has 5 N–H and O–H groups in total. The number of hydrogen-bond acceptors (Lipinski definition) is 4. The Morgan fingerprint density at radius 3 is 2.90 bits per heavy atom. The van der Waals surface area contributed by atoms with E-state index in [1.807, 2.05) is 17.4 Å². The topological polar surface area (TPSA) is 107 Å². The van der Waals surface area contributed by atoms with Crippen molar-refractivity contribution in [3.05, 3.63) is 29.3 Å². The lowest BCUT2D eigenvalue weighted by Crippen LogP contribution is -2.42. The average molecular weight is 277 g/mol. The molecule has 1 aliphatic carbocycles. The highest BCUT2D eigenvalue weighted by Crippen LogP contribution is 2.30. The third-order valence-electron chi connectivity index (χ3n) is 3.40. The normalized spacial score (nSPS) is 18.8. The quantitative estimate of drug-likeness (QED) is 0.765. The molecule has 108 valence electrons. The second-order valence-electron chi connectivity index (χ2n) is 4.97. The number of amides is 3. The Morgan fingerprint density at radius 1 is 1.45 bits per heavy atom. The maximum absolute atomic E-state index is 11.5. The van der Waals surface area contributed by atoms with Gasteiger partial charge in [0.1, 0.15) is 5.75 Å². The first-order chi connectivity index (χ1) is 9.47. The number of rotatable bonds is 3. The van der Waals surface area contributed by atoms with E-state index in [-0.39, 0.29) is 6.04 Å². The van der Waals surface area contributed by atoms with Crippen LogP contribution in [-0.2, 0) is 11.2 Å². The molecule has 0 radical (unpaired) electrons. The summed E-state index contributed by atoms with van der Waals surface area (Å²) in [6, 6.07) is 4.82. The van der Waals surface area contributed by atoms with Gasteiger partial charge in [0, 0.05) is 6.04 Å². The van der Waals surface area contributed by atoms with Crippen LogP contribution in [0, 0.1) is 0 Å². The molecule has 0 saturated carbocycles. The highest BCUT2D eigenvalue weighted by molar-refractivity contribution is 5.95. The van der Waals surface area contributed by atoms with Gasteiger partial charge in [-0.2, -0.15) is 0 Å². The Labute approximate surface area is 117 Å². The van der Waals surface area contributed by atoms with E-state index in [2.05, 4.69) is 0 Å². The molecule has 6 nitrogen and oxygen atoms in total. The van der Waals surface area contributed by atoms with Crippen molar-refractivity contribution < 1.29 is 14.3 Å². The Hall–Kier alpha value is -2.08. The number of nitrogens with one attached hydrogen (secondary N) is 1. The van der Waals surface area contributed by atoms with Crippen molar-refractivity contribution in [3.63, 3.8) is 0 Å². The molecule has 2 unspecified atom stereocenters. The van der Waals surface area contributed by atoms with Gasteiger partial charge in [-0.15, -0.1) is 0 Å². The number of fused-ring (bicyclic) bond motifs is 1. The van der Waals surface area contributed by atoms with Crippen molar-refractivity contribution >= 4 is 11.9 Å². The number of primary amides is 1. The average Bonchev–Trinajstić information content (AvgIpc) is 2.38. The number of hydrogen-bond donors (Lipinski definition) is 3. The first-order valence-electron chi connectivity index (χ1n) is 6.62. The largest absolute Gasteiger partial charge is 0.481 e. The van der Waals surface area contributed by atoms with E-state index in [1.165, 1.54) is 0 Å². The number of carbonyl (C=O) groups is 2. The molecule has 1 aromatic carbocycles. The molecule has 20 heavy (non-hydrogen) atoms. The number of aryl methyl sites for hydroxylation is 1. The summed E-state index contributed by atoms with van der Waals surface area (Å²) in [7, 11) is 0. The summed E-state index contributed by atoms with van der Waals surface area (Å²) in [5.41, 5.74) is 13.2. The fraction of sp³-hybridized carbons (Fsp3) is 0.429. The third-order valence-corrected chi connectivity index (χ3v) is 3.40. The van der Waals surface area contributed by atoms with Crippen LogP contribution in [0.4, 0.5) is 4.79 Å². The van der Waals surface area contributed by atoms with Gasteiger partial charge in [-0.3, -0.25) is 10.1 Å². The van der Waals surface area contributed by atoms with E-state index in [9.17, 15) is 9.59 Å². The molecule has 1 aromatic rings. The molecule has 3 amide bonds. The van der Waals surface area contributed by atoms with Gasteiger partial charge in [-0.25, -0.2) is 4.79 Å². The fourth-order valence-corrected chi connectivity index (χ4v) is 2.38. The van der Waals surface area contributed by atoms with Crippen LogP contribution < -0.4 is 21.5 Å². The Balaban J connectivity index is 2.07. The Bertz CT molecular complexity index is 530. The minimum atomic E-state index is -0.887. The minimum Gasteiger partial charge on any atom is -0.481 e. The summed E-state index contributed by atoms with van der Waals surface area (Å²) < 4.78 is 5.52. The number of nitrogens with two attached hydrogens (primary N) is 2. The smallest absolute Gasteiger partial charge is 0.318 e. The van der Waals surface area contributed by atoms with Crippen molar-refractivity contribution in [2.75, 3.05) is 0 Å². The van der Waals surface area contributed by atoms with E-state index in [4.69, 9.17) is 16.2 Å². The van der Waals surface area contributed by atoms with Crippen LogP contribution in [-0.4, -0.2) is 18.0 Å². The maximum atomic E-state index is 11.5. The second kappa shape index (κ2) is 5.92. The molecule has 0 aromatic heterocycles. The predicted molar refractivity (Wildman–Crippen MR) is 74.1 cm³/mol. The molecular formula is C14H19N3O3. The maximum Gasteiger partial charge on any atom is 0.318 e. The first-order valence-corrected chi connectivity index (χ1v) is 6.62. The summed E-state index contributed by atoms with van der Waals surface area (Å²) in [5, 5.41) is 1.99. The molecule has 0 spiro atoms. The Kier molecular flexibility index (Phi) is 4.24. The van der Waals surface area contributed by atoms with Crippen molar-refractivity contribution in [1.82, 2.24) is 5.32 Å². The van der Waals surface area contributed by atoms with Crippen LogP contribution >= 0.6 is 0 Å². The highest BCUT2D eigenvalue weighted by Gasteiger charge is 2.19. The molecule has 0 saturated heterocycles. The van der Waals surface area contributed by atoms with Gasteiger partial charge in [0.25, 0.3) is 5.91 Å². The number of urea groups is 1. The number of ether oxygens (including phenoxy) is 1. The van der Waals surface area contributed by atoms with Crippen LogP contribution in [0.15, 0.2) is 18.2 Å². The second-order valence-corrected chi connectivity index (χ2v) is 4.97. The van der Waals surface area contributed by atoms with Gasteiger partial charge in [-0.05, 0) is 49.4 Å². The van der Waals surface area contributed by atoms with Gasteiger partial charge in [0.05, 0.1) is 0 Å². The highest BCUT2D eigenvalue weighted by atomic mass is 16.5. The van der Waals surface area contributed by atoms with Crippen LogP contribution in [0.1, 0.15) is 36.9 Å². The molecule has 0 bridgehead atoms. The number of benzene rings is 1. The van der Waals surface area contributed by atoms with Crippen LogP contribution in [0.2, 0.25) is 0 Å². The summed E-state index contributed by atoms with van der Waals surface area (Å²) in [4.78, 5) is 22.2. The first kappa shape index (κ1) is 14.3. The summed E-state index contributed by atoms with van der Waals surface area (Å²) in [6.07, 6.45) is 2.21. The molecule has 6 heteroatoms. The lowest BCUT2D eigenvalue weighted by molar-refractivity contribution is -0.126. The number of carbonyl (C=O) groups excluding carboxylic acids is 2. The van der Waals surface area contributed by atoms with Crippen LogP contribution in [0.5, 0.6) is 5.75 Å².